The molecule has 2 heterocycles. The van der Waals surface area contributed by atoms with E-state index in [0.717, 1.165) is 59.5 Å². The van der Waals surface area contributed by atoms with E-state index in [0.29, 0.717) is 5.02 Å². The second kappa shape index (κ2) is 8.56. The zero-order valence-corrected chi connectivity index (χ0v) is 20.1. The molecule has 6 rings (SSSR count). The lowest BCUT2D eigenvalue weighted by Crippen LogP contribution is -2.35. The van der Waals surface area contributed by atoms with E-state index in [1.807, 2.05) is 48.5 Å². The van der Waals surface area contributed by atoms with Gasteiger partial charge in [0.15, 0.2) is 5.41 Å². The van der Waals surface area contributed by atoms with Crippen LogP contribution in [-0.4, -0.2) is 11.9 Å². The maximum absolute atomic E-state index is 10.8. The van der Waals surface area contributed by atoms with E-state index >= 15 is 0 Å². The third-order valence-corrected chi connectivity index (χ3v) is 8.04. The average molecular weight is 477 g/mol. The van der Waals surface area contributed by atoms with Gasteiger partial charge >= 0.3 is 0 Å². The molecule has 2 atom stereocenters. The highest BCUT2D eigenvalue weighted by Gasteiger charge is 2.62. The minimum absolute atomic E-state index is 0.193. The minimum Gasteiger partial charge on any atom is -0.319 e. The molecule has 1 saturated heterocycles. The Bertz CT molecular complexity index is 1390. The van der Waals surface area contributed by atoms with Gasteiger partial charge in [0.1, 0.15) is 5.84 Å². The molecule has 35 heavy (non-hydrogen) atoms. The number of benzene rings is 3. The molecule has 3 aromatic carbocycles. The van der Waals surface area contributed by atoms with Crippen LogP contribution in [0.25, 0.3) is 11.1 Å². The van der Waals surface area contributed by atoms with Gasteiger partial charge in [0.2, 0.25) is 0 Å². The van der Waals surface area contributed by atoms with Crippen LogP contribution in [0, 0.1) is 28.1 Å². The number of anilines is 1. The molecule has 0 unspecified atom stereocenters. The van der Waals surface area contributed by atoms with Crippen molar-refractivity contribution in [2.45, 2.75) is 50.1 Å². The first-order valence-electron chi connectivity index (χ1n) is 12.3. The summed E-state index contributed by atoms with van der Waals surface area (Å²) >= 11 is 6.44. The Labute approximate surface area is 211 Å². The molecule has 0 radical (unpaired) electrons. The summed E-state index contributed by atoms with van der Waals surface area (Å²) in [5, 5.41) is 22.1. The largest absolute Gasteiger partial charge is 0.319 e. The normalized spacial score (nSPS) is 23.6. The average Bonchev–Trinajstić information content (AvgIpc) is 3.20. The van der Waals surface area contributed by atoms with Crippen molar-refractivity contribution in [3.63, 3.8) is 0 Å². The molecule has 0 bridgehead atoms. The van der Waals surface area contributed by atoms with Gasteiger partial charge in [0, 0.05) is 10.6 Å². The van der Waals surface area contributed by atoms with E-state index in [4.69, 9.17) is 16.6 Å². The standard InChI is InChI=1S/C30H25ClN4/c31-21-10-8-9-20(17-21)27-29(34-22-11-2-1-3-12-22)35-26-16-7-6-14-24(26)23-13-4-5-15-25(23)28(35)30(27,18-32)19-33/h4-10,13-17,22,27-28H,1-3,11-12H2/t27-,28+/m1/s1. The molecule has 1 saturated carbocycles. The molecule has 172 valence electrons. The summed E-state index contributed by atoms with van der Waals surface area (Å²) in [5.74, 6) is 0.302. The number of aliphatic imine (C=N–C) groups is 1. The highest BCUT2D eigenvalue weighted by Crippen LogP contribution is 2.61. The molecule has 2 aliphatic heterocycles. The van der Waals surface area contributed by atoms with Gasteiger partial charge in [-0.25, -0.2) is 0 Å². The van der Waals surface area contributed by atoms with Crippen LogP contribution in [0.3, 0.4) is 0 Å². The lowest BCUT2D eigenvalue weighted by Gasteiger charge is -2.38. The highest BCUT2D eigenvalue weighted by molar-refractivity contribution is 6.30. The summed E-state index contributed by atoms with van der Waals surface area (Å²) < 4.78 is 0. The summed E-state index contributed by atoms with van der Waals surface area (Å²) in [6.07, 6.45) is 5.63. The molecule has 2 fully saturated rings. The van der Waals surface area contributed by atoms with Crippen LogP contribution < -0.4 is 4.90 Å². The van der Waals surface area contributed by atoms with E-state index < -0.39 is 17.4 Å². The van der Waals surface area contributed by atoms with Crippen LogP contribution in [-0.2, 0) is 0 Å². The number of hydrogen-bond donors (Lipinski definition) is 0. The third-order valence-electron chi connectivity index (χ3n) is 7.80. The van der Waals surface area contributed by atoms with Crippen LogP contribution in [0.4, 0.5) is 5.69 Å². The predicted molar refractivity (Wildman–Crippen MR) is 139 cm³/mol. The van der Waals surface area contributed by atoms with Gasteiger partial charge in [0.05, 0.1) is 35.8 Å². The van der Waals surface area contributed by atoms with Crippen LogP contribution in [0.1, 0.15) is 55.2 Å². The SMILES string of the molecule is N#CC1(C#N)[C@@H]2c3ccccc3-c3ccccc3N2C(=NC2CCCCC2)[C@H]1c1cccc(Cl)c1. The van der Waals surface area contributed by atoms with Crippen LogP contribution >= 0.6 is 11.6 Å². The number of nitrogens with zero attached hydrogens (tertiary/aromatic N) is 4. The Morgan fingerprint density at radius 2 is 1.57 bits per heavy atom. The number of fused-ring (bicyclic) bond motifs is 6. The van der Waals surface area contributed by atoms with Crippen molar-refractivity contribution in [2.24, 2.45) is 10.4 Å². The van der Waals surface area contributed by atoms with Crippen molar-refractivity contribution in [1.82, 2.24) is 0 Å². The van der Waals surface area contributed by atoms with E-state index in [9.17, 15) is 10.5 Å². The Kier molecular flexibility index (Phi) is 5.36. The van der Waals surface area contributed by atoms with Gasteiger partial charge < -0.3 is 4.90 Å². The smallest absolute Gasteiger partial charge is 0.182 e. The van der Waals surface area contributed by atoms with Crippen molar-refractivity contribution < 1.29 is 0 Å². The summed E-state index contributed by atoms with van der Waals surface area (Å²) in [7, 11) is 0. The lowest BCUT2D eigenvalue weighted by atomic mass is 9.69. The fraction of sp³-hybridized carbons (Fsp3) is 0.300. The second-order valence-electron chi connectivity index (χ2n) is 9.74. The Morgan fingerprint density at radius 1 is 0.857 bits per heavy atom. The molecule has 4 nitrogen and oxygen atoms in total. The number of nitriles is 2. The van der Waals surface area contributed by atoms with Gasteiger partial charge in [-0.05, 0) is 47.7 Å². The van der Waals surface area contributed by atoms with Gasteiger partial charge in [-0.1, -0.05) is 85.5 Å². The maximum atomic E-state index is 10.8. The van der Waals surface area contributed by atoms with E-state index in [1.54, 1.807) is 0 Å². The minimum atomic E-state index is -1.36. The first kappa shape index (κ1) is 21.9. The van der Waals surface area contributed by atoms with E-state index in [-0.39, 0.29) is 6.04 Å². The molecular weight excluding hydrogens is 452 g/mol. The Balaban J connectivity index is 1.68. The number of amidine groups is 1. The topological polar surface area (TPSA) is 63.2 Å². The number of para-hydroxylation sites is 1. The molecule has 0 N–H and O–H groups in total. The number of rotatable bonds is 2. The molecule has 0 aromatic heterocycles. The monoisotopic (exact) mass is 476 g/mol. The fourth-order valence-electron chi connectivity index (χ4n) is 6.28. The zero-order chi connectivity index (χ0) is 24.0. The number of halogens is 1. The summed E-state index contributed by atoms with van der Waals surface area (Å²) in [6, 6.07) is 28.8. The molecule has 5 heteroatoms. The van der Waals surface area contributed by atoms with Gasteiger partial charge in [0.25, 0.3) is 0 Å². The van der Waals surface area contributed by atoms with Gasteiger partial charge in [-0.3, -0.25) is 4.99 Å². The summed E-state index contributed by atoms with van der Waals surface area (Å²) in [6.45, 7) is 0. The third kappa shape index (κ3) is 3.28. The van der Waals surface area contributed by atoms with Crippen molar-refractivity contribution in [3.05, 3.63) is 88.9 Å². The van der Waals surface area contributed by atoms with Crippen molar-refractivity contribution in [3.8, 4) is 23.3 Å². The van der Waals surface area contributed by atoms with Crippen molar-refractivity contribution in [1.29, 1.82) is 10.5 Å². The first-order chi connectivity index (χ1) is 17.2. The molecule has 3 aliphatic rings. The van der Waals surface area contributed by atoms with Crippen molar-refractivity contribution >= 4 is 23.1 Å². The molecule has 1 aliphatic carbocycles. The van der Waals surface area contributed by atoms with Crippen LogP contribution in [0.5, 0.6) is 0 Å². The second-order valence-corrected chi connectivity index (χ2v) is 10.2. The molecule has 3 aromatic rings. The van der Waals surface area contributed by atoms with Crippen LogP contribution in [0.15, 0.2) is 77.8 Å². The molecule has 0 amide bonds. The first-order valence-corrected chi connectivity index (χ1v) is 12.7. The predicted octanol–water partition coefficient (Wildman–Crippen LogP) is 7.43. The van der Waals surface area contributed by atoms with Crippen molar-refractivity contribution in [2.75, 3.05) is 4.90 Å². The van der Waals surface area contributed by atoms with Crippen LogP contribution in [0.2, 0.25) is 5.02 Å². The molecule has 0 spiro atoms. The Morgan fingerprint density at radius 3 is 2.31 bits per heavy atom. The summed E-state index contributed by atoms with van der Waals surface area (Å²) in [5.41, 5.74) is 3.68. The van der Waals surface area contributed by atoms with E-state index in [2.05, 4.69) is 41.3 Å². The Hall–Kier alpha value is -3.60. The molecular formula is C30H25ClN4. The fourth-order valence-corrected chi connectivity index (χ4v) is 6.48. The summed E-state index contributed by atoms with van der Waals surface area (Å²) in [4.78, 5) is 7.57. The maximum Gasteiger partial charge on any atom is 0.182 e. The highest BCUT2D eigenvalue weighted by atomic mass is 35.5. The lowest BCUT2D eigenvalue weighted by molar-refractivity contribution is 0.433. The zero-order valence-electron chi connectivity index (χ0n) is 19.4. The van der Waals surface area contributed by atoms with E-state index in [1.165, 1.54) is 6.42 Å². The quantitative estimate of drug-likeness (QED) is 0.386. The van der Waals surface area contributed by atoms with Gasteiger partial charge in [-0.2, -0.15) is 10.5 Å². The van der Waals surface area contributed by atoms with Gasteiger partial charge in [-0.15, -0.1) is 0 Å². The number of hydrogen-bond acceptors (Lipinski definition) is 3.